The number of nitrogens with one attached hydrogen (secondary N) is 1. The molecule has 0 aliphatic carbocycles. The third-order valence-corrected chi connectivity index (χ3v) is 5.41. The smallest absolute Gasteiger partial charge is 0.143 e. The zero-order chi connectivity index (χ0) is 17.6. The maximum atomic E-state index is 4.30. The van der Waals surface area contributed by atoms with E-state index < -0.39 is 0 Å². The Kier molecular flexibility index (Phi) is 5.47. The van der Waals surface area contributed by atoms with Gasteiger partial charge in [-0.15, -0.1) is 0 Å². The highest BCUT2D eigenvalue weighted by Crippen LogP contribution is 2.17. The molecule has 1 fully saturated rings. The first-order valence-electron chi connectivity index (χ1n) is 8.83. The molecule has 0 spiro atoms. The number of nitrogens with zero attached hydrogens (tertiary/aromatic N) is 5. The first kappa shape index (κ1) is 17.1. The number of benzene rings is 1. The van der Waals surface area contributed by atoms with Crippen LogP contribution in [0.4, 0.5) is 11.5 Å². The second-order valence-corrected chi connectivity index (χ2v) is 7.48. The predicted molar refractivity (Wildman–Crippen MR) is 106 cm³/mol. The molecule has 2 aromatic heterocycles. The lowest BCUT2D eigenvalue weighted by atomic mass is 10.1. The Hall–Kier alpha value is -2.38. The normalized spacial score (nSPS) is 15.1. The van der Waals surface area contributed by atoms with E-state index in [2.05, 4.69) is 61.2 Å². The van der Waals surface area contributed by atoms with Crippen molar-refractivity contribution in [2.45, 2.75) is 6.42 Å². The number of anilines is 2. The van der Waals surface area contributed by atoms with Gasteiger partial charge in [0.2, 0.25) is 0 Å². The summed E-state index contributed by atoms with van der Waals surface area (Å²) in [4.78, 5) is 15.2. The summed E-state index contributed by atoms with van der Waals surface area (Å²) in [5.41, 5.74) is 2.40. The summed E-state index contributed by atoms with van der Waals surface area (Å²) in [7, 11) is 0. The molecule has 1 saturated heterocycles. The van der Waals surface area contributed by atoms with Gasteiger partial charge in [-0.1, -0.05) is 12.1 Å². The SMILES string of the molecule is c1cn(-c2cc(Nc3ccc(CCN4CCSCC4)cc3)ncn2)cn1. The summed E-state index contributed by atoms with van der Waals surface area (Å²) in [5.74, 6) is 4.09. The molecule has 134 valence electrons. The van der Waals surface area contributed by atoms with Gasteiger partial charge in [0.05, 0.1) is 0 Å². The van der Waals surface area contributed by atoms with Gasteiger partial charge in [-0.2, -0.15) is 11.8 Å². The van der Waals surface area contributed by atoms with Crippen LogP contribution in [0.25, 0.3) is 5.82 Å². The van der Waals surface area contributed by atoms with E-state index in [1.807, 2.05) is 16.8 Å². The maximum absolute atomic E-state index is 4.30. The average molecular weight is 366 g/mol. The molecule has 3 aromatic rings. The van der Waals surface area contributed by atoms with E-state index >= 15 is 0 Å². The number of rotatable bonds is 6. The Morgan fingerprint density at radius 1 is 1.08 bits per heavy atom. The first-order chi connectivity index (χ1) is 12.9. The van der Waals surface area contributed by atoms with Gasteiger partial charge in [0, 0.05) is 55.3 Å². The van der Waals surface area contributed by atoms with Crippen LogP contribution in [-0.4, -0.2) is 55.6 Å². The summed E-state index contributed by atoms with van der Waals surface area (Å²) < 4.78 is 1.86. The number of imidazole rings is 1. The zero-order valence-electron chi connectivity index (χ0n) is 14.6. The van der Waals surface area contributed by atoms with Crippen LogP contribution in [0.3, 0.4) is 0 Å². The summed E-state index contributed by atoms with van der Waals surface area (Å²) in [6.45, 7) is 3.59. The van der Waals surface area contributed by atoms with E-state index in [1.165, 1.54) is 30.2 Å². The highest BCUT2D eigenvalue weighted by atomic mass is 32.2. The van der Waals surface area contributed by atoms with Crippen molar-refractivity contribution >= 4 is 23.3 Å². The molecule has 1 aliphatic heterocycles. The summed E-state index contributed by atoms with van der Waals surface area (Å²) >= 11 is 2.06. The van der Waals surface area contributed by atoms with Crippen molar-refractivity contribution in [3.05, 3.63) is 60.9 Å². The average Bonchev–Trinajstić information content (AvgIpc) is 3.23. The molecule has 3 heterocycles. The third kappa shape index (κ3) is 4.42. The second-order valence-electron chi connectivity index (χ2n) is 6.26. The fourth-order valence-electron chi connectivity index (χ4n) is 2.97. The Bertz CT molecular complexity index is 812. The Morgan fingerprint density at radius 2 is 1.92 bits per heavy atom. The minimum atomic E-state index is 0.766. The molecule has 1 aliphatic rings. The van der Waals surface area contributed by atoms with E-state index in [4.69, 9.17) is 0 Å². The van der Waals surface area contributed by atoms with Crippen LogP contribution >= 0.6 is 11.8 Å². The van der Waals surface area contributed by atoms with Crippen molar-refractivity contribution in [2.75, 3.05) is 36.5 Å². The lowest BCUT2D eigenvalue weighted by Crippen LogP contribution is -2.34. The second kappa shape index (κ2) is 8.33. The minimum absolute atomic E-state index is 0.766. The van der Waals surface area contributed by atoms with Crippen LogP contribution < -0.4 is 5.32 Å². The molecule has 4 rings (SSSR count). The van der Waals surface area contributed by atoms with E-state index in [9.17, 15) is 0 Å². The van der Waals surface area contributed by atoms with Gasteiger partial charge in [-0.05, 0) is 24.1 Å². The van der Waals surface area contributed by atoms with Gasteiger partial charge in [-0.25, -0.2) is 15.0 Å². The van der Waals surface area contributed by atoms with Crippen molar-refractivity contribution in [2.24, 2.45) is 0 Å². The van der Waals surface area contributed by atoms with Crippen LogP contribution in [0.1, 0.15) is 5.56 Å². The molecule has 7 heteroatoms. The van der Waals surface area contributed by atoms with Crippen LogP contribution in [0.2, 0.25) is 0 Å². The molecular formula is C19H22N6S. The fraction of sp³-hybridized carbons (Fsp3) is 0.316. The van der Waals surface area contributed by atoms with Crippen molar-refractivity contribution in [1.29, 1.82) is 0 Å². The van der Waals surface area contributed by atoms with Gasteiger partial charge < -0.3 is 10.2 Å². The standard InChI is InChI=1S/C19H22N6S/c1-3-17(4-2-16(1)5-7-24-9-11-26-12-10-24)23-18-13-19(22-14-21-18)25-8-6-20-15-25/h1-4,6,8,13-15H,5,7,9-12H2,(H,21,22,23). The van der Waals surface area contributed by atoms with Crippen molar-refractivity contribution in [1.82, 2.24) is 24.4 Å². The van der Waals surface area contributed by atoms with Gasteiger partial charge in [-0.3, -0.25) is 4.57 Å². The molecule has 0 atom stereocenters. The van der Waals surface area contributed by atoms with Crippen LogP contribution in [0.15, 0.2) is 55.4 Å². The zero-order valence-corrected chi connectivity index (χ0v) is 15.4. The summed E-state index contributed by atoms with van der Waals surface area (Å²) in [6.07, 6.45) is 7.98. The quantitative estimate of drug-likeness (QED) is 0.724. The summed E-state index contributed by atoms with van der Waals surface area (Å²) in [5, 5.41) is 3.34. The molecule has 0 saturated carbocycles. The monoisotopic (exact) mass is 366 g/mol. The van der Waals surface area contributed by atoms with Gasteiger partial charge in [0.25, 0.3) is 0 Å². The van der Waals surface area contributed by atoms with Gasteiger partial charge in [0.1, 0.15) is 24.3 Å². The minimum Gasteiger partial charge on any atom is -0.340 e. The van der Waals surface area contributed by atoms with Crippen LogP contribution in [-0.2, 0) is 6.42 Å². The number of aromatic nitrogens is 4. The Balaban J connectivity index is 1.36. The first-order valence-corrected chi connectivity index (χ1v) is 9.99. The maximum Gasteiger partial charge on any atom is 0.143 e. The van der Waals surface area contributed by atoms with E-state index in [0.29, 0.717) is 0 Å². The number of hydrogen-bond donors (Lipinski definition) is 1. The van der Waals surface area contributed by atoms with E-state index in [0.717, 1.165) is 30.3 Å². The molecule has 0 bridgehead atoms. The largest absolute Gasteiger partial charge is 0.340 e. The molecule has 0 amide bonds. The van der Waals surface area contributed by atoms with Crippen molar-refractivity contribution < 1.29 is 0 Å². The number of hydrogen-bond acceptors (Lipinski definition) is 6. The van der Waals surface area contributed by atoms with Gasteiger partial charge >= 0.3 is 0 Å². The number of thioether (sulfide) groups is 1. The molecule has 26 heavy (non-hydrogen) atoms. The highest BCUT2D eigenvalue weighted by molar-refractivity contribution is 7.99. The molecule has 6 nitrogen and oxygen atoms in total. The molecule has 0 radical (unpaired) electrons. The topological polar surface area (TPSA) is 58.9 Å². The molecule has 0 unspecified atom stereocenters. The lowest BCUT2D eigenvalue weighted by molar-refractivity contribution is 0.306. The Morgan fingerprint density at radius 3 is 2.69 bits per heavy atom. The van der Waals surface area contributed by atoms with Crippen LogP contribution in [0, 0.1) is 0 Å². The fourth-order valence-corrected chi connectivity index (χ4v) is 3.94. The predicted octanol–water partition coefficient (Wildman–Crippen LogP) is 3.00. The molecule has 1 N–H and O–H groups in total. The Labute approximate surface area is 157 Å². The molecule has 1 aromatic carbocycles. The molecular weight excluding hydrogens is 344 g/mol. The van der Waals surface area contributed by atoms with Gasteiger partial charge in [0.15, 0.2) is 0 Å². The van der Waals surface area contributed by atoms with Crippen LogP contribution in [0.5, 0.6) is 0 Å². The van der Waals surface area contributed by atoms with Crippen molar-refractivity contribution in [3.8, 4) is 5.82 Å². The third-order valence-electron chi connectivity index (χ3n) is 4.47. The lowest BCUT2D eigenvalue weighted by Gasteiger charge is -2.26. The summed E-state index contributed by atoms with van der Waals surface area (Å²) in [6, 6.07) is 10.5. The van der Waals surface area contributed by atoms with E-state index in [1.54, 1.807) is 18.9 Å². The van der Waals surface area contributed by atoms with E-state index in [-0.39, 0.29) is 0 Å². The highest BCUT2D eigenvalue weighted by Gasteiger charge is 2.09. The van der Waals surface area contributed by atoms with Crippen molar-refractivity contribution in [3.63, 3.8) is 0 Å².